The van der Waals surface area contributed by atoms with Gasteiger partial charge in [-0.2, -0.15) is 0 Å². The van der Waals surface area contributed by atoms with Crippen molar-refractivity contribution in [1.82, 2.24) is 13.7 Å². The molecule has 4 nitrogen and oxygen atoms in total. The van der Waals surface area contributed by atoms with Gasteiger partial charge in [-0.25, -0.2) is 4.79 Å². The van der Waals surface area contributed by atoms with E-state index in [2.05, 4.69) is 0 Å². The van der Waals surface area contributed by atoms with Crippen LogP contribution in [-0.2, 0) is 19.6 Å². The average molecular weight is 245 g/mol. The lowest BCUT2D eigenvalue weighted by molar-refractivity contribution is 0.345. The molecule has 0 saturated heterocycles. The highest BCUT2D eigenvalue weighted by Gasteiger charge is 2.18. The molecule has 0 spiro atoms. The summed E-state index contributed by atoms with van der Waals surface area (Å²) in [5.74, 6) is 0. The Bertz CT molecular complexity index is 516. The Hall–Kier alpha value is -0.750. The minimum Gasteiger partial charge on any atom is -0.298 e. The third-order valence-electron chi connectivity index (χ3n) is 2.20. The molecule has 15 heavy (non-hydrogen) atoms. The van der Waals surface area contributed by atoms with E-state index in [0.717, 1.165) is 0 Å². The second kappa shape index (κ2) is 3.68. The fourth-order valence-corrected chi connectivity index (χ4v) is 2.01. The standard InChI is InChI=1S/C9H15N3OS2/c1-9(2,3)12-6(13)10(4)7(14)11(5)8(12)15/h1-5H3. The molecule has 0 aliphatic heterocycles. The van der Waals surface area contributed by atoms with Gasteiger partial charge in [0.2, 0.25) is 0 Å². The maximum atomic E-state index is 12.0. The maximum absolute atomic E-state index is 12.0. The molecule has 1 aromatic rings. The van der Waals surface area contributed by atoms with Gasteiger partial charge in [0.1, 0.15) is 0 Å². The van der Waals surface area contributed by atoms with Crippen molar-refractivity contribution in [3.8, 4) is 0 Å². The first-order valence-electron chi connectivity index (χ1n) is 4.57. The van der Waals surface area contributed by atoms with E-state index in [1.165, 1.54) is 4.57 Å². The SMILES string of the molecule is Cn1c(=S)n(C)c(=S)n(C(C)(C)C)c1=O. The molecule has 0 aromatic carbocycles. The number of nitrogens with zero attached hydrogens (tertiary/aromatic N) is 3. The predicted octanol–water partition coefficient (Wildman–Crippen LogP) is 1.74. The van der Waals surface area contributed by atoms with E-state index < -0.39 is 0 Å². The van der Waals surface area contributed by atoms with Crippen molar-refractivity contribution in [3.63, 3.8) is 0 Å². The van der Waals surface area contributed by atoms with Crippen LogP contribution in [0.5, 0.6) is 0 Å². The van der Waals surface area contributed by atoms with Crippen molar-refractivity contribution >= 4 is 24.4 Å². The Kier molecular flexibility index (Phi) is 3.02. The number of rotatable bonds is 0. The van der Waals surface area contributed by atoms with E-state index in [4.69, 9.17) is 24.4 Å². The molecule has 1 aromatic heterocycles. The van der Waals surface area contributed by atoms with Gasteiger partial charge in [-0.15, -0.1) is 0 Å². The van der Waals surface area contributed by atoms with Crippen LogP contribution in [0.25, 0.3) is 0 Å². The summed E-state index contributed by atoms with van der Waals surface area (Å²) >= 11 is 10.3. The minimum absolute atomic E-state index is 0.171. The van der Waals surface area contributed by atoms with E-state index in [-0.39, 0.29) is 11.2 Å². The van der Waals surface area contributed by atoms with Crippen molar-refractivity contribution in [3.05, 3.63) is 20.0 Å². The van der Waals surface area contributed by atoms with Gasteiger partial charge < -0.3 is 0 Å². The van der Waals surface area contributed by atoms with Crippen LogP contribution in [0, 0.1) is 9.54 Å². The first kappa shape index (κ1) is 12.3. The molecule has 0 bridgehead atoms. The second-order valence-electron chi connectivity index (χ2n) is 4.47. The van der Waals surface area contributed by atoms with Gasteiger partial charge in [0.15, 0.2) is 9.54 Å². The summed E-state index contributed by atoms with van der Waals surface area (Å²) < 4.78 is 5.55. The summed E-state index contributed by atoms with van der Waals surface area (Å²) in [6, 6.07) is 0. The topological polar surface area (TPSA) is 31.9 Å². The largest absolute Gasteiger partial charge is 0.332 e. The van der Waals surface area contributed by atoms with Gasteiger partial charge in [0.25, 0.3) is 0 Å². The summed E-state index contributed by atoms with van der Waals surface area (Å²) in [5, 5.41) is 0. The summed E-state index contributed by atoms with van der Waals surface area (Å²) in [5.41, 5.74) is -0.511. The molecule has 0 radical (unpaired) electrons. The van der Waals surface area contributed by atoms with Crippen LogP contribution in [0.3, 0.4) is 0 Å². The van der Waals surface area contributed by atoms with Gasteiger partial charge in [-0.05, 0) is 45.2 Å². The summed E-state index contributed by atoms with van der Waals surface area (Å²) in [6.07, 6.45) is 0. The van der Waals surface area contributed by atoms with Crippen LogP contribution >= 0.6 is 24.4 Å². The van der Waals surface area contributed by atoms with Gasteiger partial charge in [-0.1, -0.05) is 0 Å². The Morgan fingerprint density at radius 1 is 1.00 bits per heavy atom. The highest BCUT2D eigenvalue weighted by atomic mass is 32.1. The van der Waals surface area contributed by atoms with Crippen molar-refractivity contribution in [2.24, 2.45) is 14.1 Å². The Morgan fingerprint density at radius 2 is 1.47 bits per heavy atom. The number of hydrogen-bond donors (Lipinski definition) is 0. The fourth-order valence-electron chi connectivity index (χ4n) is 1.34. The normalized spacial score (nSPS) is 11.8. The Morgan fingerprint density at radius 3 is 1.87 bits per heavy atom. The first-order chi connectivity index (χ1) is 6.68. The molecule has 1 rings (SSSR count). The van der Waals surface area contributed by atoms with Gasteiger partial charge in [-0.3, -0.25) is 13.7 Å². The van der Waals surface area contributed by atoms with E-state index in [1.807, 2.05) is 20.8 Å². The third kappa shape index (κ3) is 1.96. The van der Waals surface area contributed by atoms with Crippen molar-refractivity contribution in [2.45, 2.75) is 26.3 Å². The zero-order valence-electron chi connectivity index (χ0n) is 9.57. The number of aromatic nitrogens is 3. The molecular weight excluding hydrogens is 230 g/mol. The fraction of sp³-hybridized carbons (Fsp3) is 0.667. The van der Waals surface area contributed by atoms with Crippen LogP contribution in [0.4, 0.5) is 0 Å². The van der Waals surface area contributed by atoms with Gasteiger partial charge >= 0.3 is 5.69 Å². The Labute approximate surface area is 98.8 Å². The van der Waals surface area contributed by atoms with Crippen LogP contribution < -0.4 is 5.69 Å². The summed E-state index contributed by atoms with van der Waals surface area (Å²) in [4.78, 5) is 12.0. The van der Waals surface area contributed by atoms with Crippen LogP contribution in [0.2, 0.25) is 0 Å². The Balaban J connectivity index is 3.95. The first-order valence-corrected chi connectivity index (χ1v) is 5.39. The van der Waals surface area contributed by atoms with Gasteiger partial charge in [0, 0.05) is 19.6 Å². The lowest BCUT2D eigenvalue weighted by atomic mass is 10.1. The van der Waals surface area contributed by atoms with Crippen molar-refractivity contribution in [1.29, 1.82) is 0 Å². The van der Waals surface area contributed by atoms with Crippen LogP contribution in [0.15, 0.2) is 4.79 Å². The molecule has 0 aliphatic carbocycles. The quantitative estimate of drug-likeness (QED) is 0.653. The van der Waals surface area contributed by atoms with E-state index >= 15 is 0 Å². The smallest absolute Gasteiger partial charge is 0.298 e. The summed E-state index contributed by atoms with van der Waals surface area (Å²) in [6.45, 7) is 5.81. The zero-order valence-corrected chi connectivity index (χ0v) is 11.2. The lowest BCUT2D eigenvalue weighted by Crippen LogP contribution is -2.41. The highest BCUT2D eigenvalue weighted by molar-refractivity contribution is 7.72. The maximum Gasteiger partial charge on any atom is 0.332 e. The van der Waals surface area contributed by atoms with E-state index in [9.17, 15) is 4.79 Å². The van der Waals surface area contributed by atoms with Gasteiger partial charge in [0.05, 0.1) is 0 Å². The van der Waals surface area contributed by atoms with Crippen molar-refractivity contribution in [2.75, 3.05) is 0 Å². The van der Waals surface area contributed by atoms with Crippen LogP contribution in [0.1, 0.15) is 20.8 Å². The third-order valence-corrected chi connectivity index (χ3v) is 3.21. The predicted molar refractivity (Wildman–Crippen MR) is 65.3 cm³/mol. The average Bonchev–Trinajstić information content (AvgIpc) is 2.09. The molecule has 0 aliphatic rings. The molecule has 0 saturated carbocycles. The summed E-state index contributed by atoms with van der Waals surface area (Å²) in [7, 11) is 3.42. The lowest BCUT2D eigenvalue weighted by Gasteiger charge is -2.24. The zero-order chi connectivity index (χ0) is 12.0. The molecule has 1 heterocycles. The minimum atomic E-state index is -0.341. The monoisotopic (exact) mass is 245 g/mol. The molecular formula is C9H15N3OS2. The molecule has 0 amide bonds. The van der Waals surface area contributed by atoms with E-state index in [1.54, 1.807) is 23.2 Å². The van der Waals surface area contributed by atoms with E-state index in [0.29, 0.717) is 9.54 Å². The second-order valence-corrected chi connectivity index (χ2v) is 5.20. The molecule has 0 unspecified atom stereocenters. The molecule has 6 heteroatoms. The van der Waals surface area contributed by atoms with Crippen molar-refractivity contribution < 1.29 is 0 Å². The number of hydrogen-bond acceptors (Lipinski definition) is 3. The highest BCUT2D eigenvalue weighted by Crippen LogP contribution is 2.11. The molecule has 84 valence electrons. The van der Waals surface area contributed by atoms with Crippen LogP contribution in [-0.4, -0.2) is 13.7 Å². The molecule has 0 atom stereocenters. The molecule has 0 N–H and O–H groups in total. The molecule has 0 fully saturated rings.